The number of nitrogens with one attached hydrogen (secondary N) is 1. The second-order valence-electron chi connectivity index (χ2n) is 9.71. The van der Waals surface area contributed by atoms with Crippen molar-refractivity contribution in [2.45, 2.75) is 45.6 Å². The molecule has 3 aromatic rings. The van der Waals surface area contributed by atoms with Crippen LogP contribution in [0.1, 0.15) is 54.1 Å². The van der Waals surface area contributed by atoms with E-state index in [0.717, 1.165) is 24.5 Å². The van der Waals surface area contributed by atoms with Gasteiger partial charge in [0.2, 0.25) is 5.91 Å². The molecule has 204 valence electrons. The second kappa shape index (κ2) is 11.6. The van der Waals surface area contributed by atoms with Gasteiger partial charge in [0.25, 0.3) is 5.91 Å². The molecule has 0 unspecified atom stereocenters. The first-order valence-corrected chi connectivity index (χ1v) is 12.7. The van der Waals surface area contributed by atoms with Gasteiger partial charge in [-0.15, -0.1) is 0 Å². The van der Waals surface area contributed by atoms with Crippen LogP contribution in [0.5, 0.6) is 5.75 Å². The molecule has 0 bridgehead atoms. The lowest BCUT2D eigenvalue weighted by molar-refractivity contribution is -0.128. The molecule has 0 atom stereocenters. The zero-order valence-electron chi connectivity index (χ0n) is 22.1. The minimum Gasteiger partial charge on any atom is -0.486 e. The molecule has 0 spiro atoms. The normalized spacial score (nSPS) is 12.8. The Bertz CT molecular complexity index is 1420. The fraction of sp³-hybridized carbons (Fsp3) is 0.310. The number of halogens is 2. The maximum atomic E-state index is 14.8. The van der Waals surface area contributed by atoms with Crippen molar-refractivity contribution in [2.24, 2.45) is 0 Å². The summed E-state index contributed by atoms with van der Waals surface area (Å²) in [7, 11) is 0. The van der Waals surface area contributed by atoms with E-state index in [1.807, 2.05) is 13.8 Å². The molecule has 1 aliphatic rings. The van der Waals surface area contributed by atoms with E-state index in [9.17, 15) is 18.4 Å². The highest BCUT2D eigenvalue weighted by Crippen LogP contribution is 2.40. The molecular weight excluding hydrogens is 504 g/mol. The van der Waals surface area contributed by atoms with Gasteiger partial charge >= 0.3 is 0 Å². The number of nitrogens with zero attached hydrogens (tertiary/aromatic N) is 3. The molecule has 8 nitrogen and oxygen atoms in total. The summed E-state index contributed by atoms with van der Waals surface area (Å²) in [6.07, 6.45) is 4.47. The number of anilines is 2. The summed E-state index contributed by atoms with van der Waals surface area (Å²) >= 11 is 0. The van der Waals surface area contributed by atoms with Gasteiger partial charge in [0.15, 0.2) is 11.6 Å². The molecule has 10 heteroatoms. The number of aromatic nitrogens is 2. The van der Waals surface area contributed by atoms with E-state index in [0.29, 0.717) is 17.0 Å². The van der Waals surface area contributed by atoms with Crippen LogP contribution in [-0.2, 0) is 4.79 Å². The zero-order chi connectivity index (χ0) is 28.3. The molecule has 2 amide bonds. The number of amides is 2. The lowest BCUT2D eigenvalue weighted by Gasteiger charge is -2.25. The average molecular weight is 536 g/mol. The quantitative estimate of drug-likeness (QED) is 0.344. The van der Waals surface area contributed by atoms with Gasteiger partial charge in [-0.2, -0.15) is 0 Å². The van der Waals surface area contributed by atoms with E-state index in [-0.39, 0.29) is 53.6 Å². The fourth-order valence-electron chi connectivity index (χ4n) is 4.34. The smallest absolute Gasteiger partial charge is 0.258 e. The number of nitrogens with two attached hydrogens (primary N) is 1. The molecule has 39 heavy (non-hydrogen) atoms. The summed E-state index contributed by atoms with van der Waals surface area (Å²) in [6.45, 7) is 9.23. The summed E-state index contributed by atoms with van der Waals surface area (Å²) < 4.78 is 35.4. The van der Waals surface area contributed by atoms with E-state index in [2.05, 4.69) is 21.9 Å². The monoisotopic (exact) mass is 535 g/mol. The van der Waals surface area contributed by atoms with E-state index in [1.165, 1.54) is 30.6 Å². The van der Waals surface area contributed by atoms with Crippen molar-refractivity contribution in [1.29, 1.82) is 0 Å². The van der Waals surface area contributed by atoms with Gasteiger partial charge in [0.1, 0.15) is 30.3 Å². The number of rotatable bonds is 10. The third kappa shape index (κ3) is 6.22. The molecule has 1 aromatic heterocycles. The third-order valence-corrected chi connectivity index (χ3v) is 6.65. The molecule has 1 saturated carbocycles. The van der Waals surface area contributed by atoms with Gasteiger partial charge in [0.05, 0.1) is 12.1 Å². The summed E-state index contributed by atoms with van der Waals surface area (Å²) in [5.74, 6) is -1.74. The van der Waals surface area contributed by atoms with Crippen LogP contribution in [0.4, 0.5) is 20.3 Å². The molecule has 1 aliphatic carbocycles. The Morgan fingerprint density at radius 3 is 2.62 bits per heavy atom. The third-order valence-electron chi connectivity index (χ3n) is 6.65. The lowest BCUT2D eigenvalue weighted by Crippen LogP contribution is -2.38. The van der Waals surface area contributed by atoms with Gasteiger partial charge in [0, 0.05) is 17.3 Å². The molecular formula is C29H31F2N5O3. The highest BCUT2D eigenvalue weighted by molar-refractivity contribution is 6.05. The fourth-order valence-corrected chi connectivity index (χ4v) is 4.34. The Hall–Kier alpha value is -4.34. The van der Waals surface area contributed by atoms with Crippen LogP contribution < -0.4 is 15.8 Å². The first-order chi connectivity index (χ1) is 18.6. The topological polar surface area (TPSA) is 110 Å². The summed E-state index contributed by atoms with van der Waals surface area (Å²) in [4.78, 5) is 34.9. The molecule has 4 rings (SSSR count). The van der Waals surface area contributed by atoms with Crippen LogP contribution in [0.15, 0.2) is 49.3 Å². The summed E-state index contributed by atoms with van der Waals surface area (Å²) in [5, 5.41) is 2.62. The number of benzene rings is 2. The standard InChI is InChI=1S/C29H31F2N5O3/c1-5-25(37)36(16(2)3)10-11-39-27-26(33-15-34-28(27)32)22-13-20(30)14-24(17(22)4)35-29(38)21-9-8-19(12-23(21)31)18-6-7-18/h5,8-9,12-16,18H,1,6-7,10-11H2,2-4H3,(H,35,38)(H2,32,33,34). The lowest BCUT2D eigenvalue weighted by atomic mass is 10.0. The molecule has 1 fully saturated rings. The SMILES string of the molecule is C=CC(=O)N(CCOc1c(N)ncnc1-c1cc(F)cc(NC(=O)c2ccc(C3CC3)cc2F)c1C)C(C)C. The number of nitrogen functional groups attached to an aromatic ring is 1. The number of carbonyl (C=O) groups is 2. The minimum absolute atomic E-state index is 0.0261. The van der Waals surface area contributed by atoms with Crippen molar-refractivity contribution in [3.63, 3.8) is 0 Å². The van der Waals surface area contributed by atoms with E-state index in [1.54, 1.807) is 17.9 Å². The average Bonchev–Trinajstić information content (AvgIpc) is 3.74. The number of ether oxygens (including phenoxy) is 1. The van der Waals surface area contributed by atoms with Crippen LogP contribution in [0, 0.1) is 18.6 Å². The predicted octanol–water partition coefficient (Wildman–Crippen LogP) is 5.24. The Morgan fingerprint density at radius 1 is 1.23 bits per heavy atom. The van der Waals surface area contributed by atoms with Crippen molar-refractivity contribution in [1.82, 2.24) is 14.9 Å². The van der Waals surface area contributed by atoms with Gasteiger partial charge in [-0.05, 0) is 81.0 Å². The van der Waals surface area contributed by atoms with Crippen LogP contribution in [-0.4, -0.2) is 45.9 Å². The van der Waals surface area contributed by atoms with Gasteiger partial charge < -0.3 is 20.7 Å². The van der Waals surface area contributed by atoms with Gasteiger partial charge in [-0.3, -0.25) is 9.59 Å². The largest absolute Gasteiger partial charge is 0.486 e. The summed E-state index contributed by atoms with van der Waals surface area (Å²) in [5.41, 5.74) is 7.94. The van der Waals surface area contributed by atoms with Crippen LogP contribution in [0.3, 0.4) is 0 Å². The molecule has 0 radical (unpaired) electrons. The zero-order valence-corrected chi connectivity index (χ0v) is 22.1. The number of hydrogen-bond donors (Lipinski definition) is 2. The van der Waals surface area contributed by atoms with E-state index >= 15 is 0 Å². The van der Waals surface area contributed by atoms with E-state index < -0.39 is 17.5 Å². The maximum Gasteiger partial charge on any atom is 0.258 e. The Morgan fingerprint density at radius 2 is 1.97 bits per heavy atom. The molecule has 3 N–H and O–H groups in total. The van der Waals surface area contributed by atoms with Crippen molar-refractivity contribution in [3.05, 3.63) is 77.6 Å². The van der Waals surface area contributed by atoms with Gasteiger partial charge in [-0.25, -0.2) is 18.7 Å². The van der Waals surface area contributed by atoms with E-state index in [4.69, 9.17) is 10.5 Å². The summed E-state index contributed by atoms with van der Waals surface area (Å²) in [6, 6.07) is 6.88. The van der Waals surface area contributed by atoms with Crippen LogP contribution >= 0.6 is 0 Å². The first kappa shape index (κ1) is 27.7. The predicted molar refractivity (Wildman–Crippen MR) is 145 cm³/mol. The Kier molecular flexibility index (Phi) is 8.23. The van der Waals surface area contributed by atoms with Gasteiger partial charge in [-0.1, -0.05) is 12.6 Å². The molecule has 1 heterocycles. The van der Waals surface area contributed by atoms with Crippen LogP contribution in [0.2, 0.25) is 0 Å². The maximum absolute atomic E-state index is 14.8. The van der Waals surface area contributed by atoms with Crippen molar-refractivity contribution < 1.29 is 23.1 Å². The highest BCUT2D eigenvalue weighted by Gasteiger charge is 2.26. The highest BCUT2D eigenvalue weighted by atomic mass is 19.1. The Balaban J connectivity index is 1.60. The van der Waals surface area contributed by atoms with Crippen molar-refractivity contribution >= 4 is 23.3 Å². The van der Waals surface area contributed by atoms with Crippen molar-refractivity contribution in [2.75, 3.05) is 24.2 Å². The molecule has 0 saturated heterocycles. The van der Waals surface area contributed by atoms with Crippen molar-refractivity contribution in [3.8, 4) is 17.0 Å². The molecule has 0 aliphatic heterocycles. The first-order valence-electron chi connectivity index (χ1n) is 12.7. The molecule has 2 aromatic carbocycles. The van der Waals surface area contributed by atoms with Crippen LogP contribution in [0.25, 0.3) is 11.3 Å². The minimum atomic E-state index is -0.700. The Labute approximate surface area is 225 Å². The second-order valence-corrected chi connectivity index (χ2v) is 9.71. The number of hydrogen-bond acceptors (Lipinski definition) is 6. The number of carbonyl (C=O) groups excluding carboxylic acids is 2.